The Kier molecular flexibility index (Phi) is 6.30. The zero-order valence-electron chi connectivity index (χ0n) is 18.5. The fraction of sp³-hybridized carbons (Fsp3) is 0.542. The van der Waals surface area contributed by atoms with Gasteiger partial charge in [-0.05, 0) is 56.2 Å². The number of benzene rings is 1. The van der Waals surface area contributed by atoms with Crippen molar-refractivity contribution in [3.8, 4) is 5.75 Å². The smallest absolute Gasteiger partial charge is 0.233 e. The monoisotopic (exact) mass is 424 g/mol. The Hall–Kier alpha value is -2.83. The molecule has 4 atom stereocenters. The standard InChI is InChI=1S/C24H32N4O3/c1-15(2)31-19-8-4-16(5-9-19)10-11-26-24(25-3)27-12-13-28-22(29)20-17-6-7-18(14-17)21(20)23(28)30/h4-9,15,17-18,20-21H,10-14H2,1-3H3,(H2,25,26,27). The van der Waals surface area contributed by atoms with E-state index >= 15 is 0 Å². The number of imide groups is 1. The summed E-state index contributed by atoms with van der Waals surface area (Å²) in [6, 6.07) is 8.12. The van der Waals surface area contributed by atoms with Crippen molar-refractivity contribution in [1.82, 2.24) is 15.5 Å². The van der Waals surface area contributed by atoms with E-state index in [2.05, 4.69) is 39.9 Å². The second-order valence-corrected chi connectivity index (χ2v) is 8.81. The van der Waals surface area contributed by atoms with Crippen LogP contribution in [0.2, 0.25) is 0 Å². The van der Waals surface area contributed by atoms with Crippen LogP contribution in [0.25, 0.3) is 0 Å². The van der Waals surface area contributed by atoms with Gasteiger partial charge in [0, 0.05) is 26.7 Å². The zero-order chi connectivity index (χ0) is 22.0. The lowest BCUT2D eigenvalue weighted by atomic mass is 9.85. The van der Waals surface area contributed by atoms with Gasteiger partial charge < -0.3 is 15.4 Å². The second kappa shape index (κ2) is 9.12. The van der Waals surface area contributed by atoms with Crippen LogP contribution in [-0.2, 0) is 16.0 Å². The normalized spacial score (nSPS) is 26.7. The molecule has 0 spiro atoms. The highest BCUT2D eigenvalue weighted by atomic mass is 16.5. The molecular weight excluding hydrogens is 392 g/mol. The molecule has 4 unspecified atom stereocenters. The van der Waals surface area contributed by atoms with Crippen LogP contribution >= 0.6 is 0 Å². The zero-order valence-corrected chi connectivity index (χ0v) is 18.5. The molecule has 1 heterocycles. The molecule has 2 bridgehead atoms. The molecule has 7 nitrogen and oxygen atoms in total. The van der Waals surface area contributed by atoms with Crippen molar-refractivity contribution in [2.24, 2.45) is 28.7 Å². The SMILES string of the molecule is CN=C(NCCc1ccc(OC(C)C)cc1)NCCN1C(=O)C2C3C=CC(C3)C2C1=O. The predicted octanol–water partition coefficient (Wildman–Crippen LogP) is 1.99. The Labute approximate surface area is 183 Å². The molecule has 0 aromatic heterocycles. The molecule has 2 aliphatic carbocycles. The van der Waals surface area contributed by atoms with E-state index in [1.165, 1.54) is 10.5 Å². The number of allylic oxidation sites excluding steroid dienone is 2. The summed E-state index contributed by atoms with van der Waals surface area (Å²) in [5.74, 6) is 1.80. The van der Waals surface area contributed by atoms with Gasteiger partial charge >= 0.3 is 0 Å². The minimum absolute atomic E-state index is 0.00138. The van der Waals surface area contributed by atoms with Crippen molar-refractivity contribution in [1.29, 1.82) is 0 Å². The molecule has 1 saturated heterocycles. The van der Waals surface area contributed by atoms with Crippen molar-refractivity contribution in [2.75, 3.05) is 26.7 Å². The van der Waals surface area contributed by atoms with E-state index in [0.717, 1.165) is 25.1 Å². The van der Waals surface area contributed by atoms with E-state index in [-0.39, 0.29) is 41.6 Å². The summed E-state index contributed by atoms with van der Waals surface area (Å²) in [6.45, 7) is 5.62. The quantitative estimate of drug-likeness (QED) is 0.289. The first-order valence-electron chi connectivity index (χ1n) is 11.2. The van der Waals surface area contributed by atoms with Crippen LogP contribution in [0.15, 0.2) is 41.4 Å². The number of aliphatic imine (C=N–C) groups is 1. The molecule has 7 heteroatoms. The number of guanidine groups is 1. The number of rotatable bonds is 8. The summed E-state index contributed by atoms with van der Waals surface area (Å²) >= 11 is 0. The second-order valence-electron chi connectivity index (χ2n) is 8.81. The van der Waals surface area contributed by atoms with Gasteiger partial charge in [-0.15, -0.1) is 0 Å². The Morgan fingerprint density at radius 3 is 2.26 bits per heavy atom. The summed E-state index contributed by atoms with van der Waals surface area (Å²) in [5, 5.41) is 6.50. The highest BCUT2D eigenvalue weighted by Crippen LogP contribution is 2.52. The molecule has 31 heavy (non-hydrogen) atoms. The number of ether oxygens (including phenoxy) is 1. The van der Waals surface area contributed by atoms with E-state index in [1.807, 2.05) is 26.0 Å². The number of carbonyl (C=O) groups excluding carboxylic acids is 2. The first-order chi connectivity index (χ1) is 15.0. The fourth-order valence-corrected chi connectivity index (χ4v) is 5.02. The molecule has 2 fully saturated rings. The molecule has 2 amide bonds. The maximum Gasteiger partial charge on any atom is 0.233 e. The van der Waals surface area contributed by atoms with Crippen LogP contribution in [0.3, 0.4) is 0 Å². The number of hydrogen-bond acceptors (Lipinski definition) is 4. The maximum atomic E-state index is 12.7. The van der Waals surface area contributed by atoms with Crippen LogP contribution < -0.4 is 15.4 Å². The van der Waals surface area contributed by atoms with Gasteiger partial charge in [-0.1, -0.05) is 24.3 Å². The Balaban J connectivity index is 1.19. The predicted molar refractivity (Wildman–Crippen MR) is 120 cm³/mol. The van der Waals surface area contributed by atoms with E-state index in [1.54, 1.807) is 7.05 Å². The molecular formula is C24H32N4O3. The van der Waals surface area contributed by atoms with Crippen LogP contribution in [0.1, 0.15) is 25.8 Å². The van der Waals surface area contributed by atoms with E-state index in [0.29, 0.717) is 19.0 Å². The molecule has 4 rings (SSSR count). The lowest BCUT2D eigenvalue weighted by Crippen LogP contribution is -2.44. The van der Waals surface area contributed by atoms with Gasteiger partial charge in [0.2, 0.25) is 11.8 Å². The van der Waals surface area contributed by atoms with Gasteiger partial charge in [-0.3, -0.25) is 19.5 Å². The van der Waals surface area contributed by atoms with Crippen LogP contribution in [-0.4, -0.2) is 55.5 Å². The summed E-state index contributed by atoms with van der Waals surface area (Å²) < 4.78 is 5.67. The van der Waals surface area contributed by atoms with E-state index in [9.17, 15) is 9.59 Å². The lowest BCUT2D eigenvalue weighted by molar-refractivity contribution is -0.140. The number of carbonyl (C=O) groups is 2. The van der Waals surface area contributed by atoms with Crippen LogP contribution in [0.4, 0.5) is 0 Å². The minimum atomic E-state index is -0.128. The molecule has 1 aliphatic heterocycles. The summed E-state index contributed by atoms with van der Waals surface area (Å²) in [7, 11) is 1.72. The average Bonchev–Trinajstić information content (AvgIpc) is 3.43. The lowest BCUT2D eigenvalue weighted by Gasteiger charge is -2.18. The highest BCUT2D eigenvalue weighted by molar-refractivity contribution is 6.06. The molecule has 1 saturated carbocycles. The largest absolute Gasteiger partial charge is 0.491 e. The van der Waals surface area contributed by atoms with Gasteiger partial charge in [-0.2, -0.15) is 0 Å². The number of amides is 2. The van der Waals surface area contributed by atoms with Gasteiger partial charge in [0.05, 0.1) is 17.9 Å². The van der Waals surface area contributed by atoms with Gasteiger partial charge in [-0.25, -0.2) is 0 Å². The van der Waals surface area contributed by atoms with Crippen molar-refractivity contribution in [3.63, 3.8) is 0 Å². The number of nitrogens with zero attached hydrogens (tertiary/aromatic N) is 2. The molecule has 3 aliphatic rings. The molecule has 166 valence electrons. The van der Waals surface area contributed by atoms with Crippen LogP contribution in [0.5, 0.6) is 5.75 Å². The topological polar surface area (TPSA) is 83.0 Å². The van der Waals surface area contributed by atoms with Gasteiger partial charge in [0.25, 0.3) is 0 Å². The first-order valence-corrected chi connectivity index (χ1v) is 11.2. The van der Waals surface area contributed by atoms with Crippen molar-refractivity contribution in [2.45, 2.75) is 32.8 Å². The Morgan fingerprint density at radius 1 is 1.06 bits per heavy atom. The Morgan fingerprint density at radius 2 is 1.68 bits per heavy atom. The van der Waals surface area contributed by atoms with Gasteiger partial charge in [0.15, 0.2) is 5.96 Å². The summed E-state index contributed by atoms with van der Waals surface area (Å²) in [4.78, 5) is 31.1. The number of nitrogens with one attached hydrogen (secondary N) is 2. The molecule has 1 aromatic rings. The van der Waals surface area contributed by atoms with Crippen molar-refractivity contribution < 1.29 is 14.3 Å². The summed E-state index contributed by atoms with van der Waals surface area (Å²) in [6.07, 6.45) is 6.22. The van der Waals surface area contributed by atoms with E-state index in [4.69, 9.17) is 4.74 Å². The molecule has 0 radical (unpaired) electrons. The third-order valence-electron chi connectivity index (χ3n) is 6.41. The van der Waals surface area contributed by atoms with Crippen molar-refractivity contribution >= 4 is 17.8 Å². The van der Waals surface area contributed by atoms with Crippen LogP contribution in [0, 0.1) is 23.7 Å². The number of fused-ring (bicyclic) bond motifs is 5. The minimum Gasteiger partial charge on any atom is -0.491 e. The Bertz CT molecular complexity index is 847. The van der Waals surface area contributed by atoms with Gasteiger partial charge in [0.1, 0.15) is 5.75 Å². The maximum absolute atomic E-state index is 12.7. The van der Waals surface area contributed by atoms with E-state index < -0.39 is 0 Å². The van der Waals surface area contributed by atoms with Crippen molar-refractivity contribution in [3.05, 3.63) is 42.0 Å². The summed E-state index contributed by atoms with van der Waals surface area (Å²) in [5.41, 5.74) is 1.21. The molecule has 1 aromatic carbocycles. The third kappa shape index (κ3) is 4.45. The first kappa shape index (κ1) is 21.4. The average molecular weight is 425 g/mol. The fourth-order valence-electron chi connectivity index (χ4n) is 5.02. The molecule has 2 N–H and O–H groups in total. The third-order valence-corrected chi connectivity index (χ3v) is 6.41. The number of hydrogen-bond donors (Lipinski definition) is 2. The highest BCUT2D eigenvalue weighted by Gasteiger charge is 2.58. The number of likely N-dealkylation sites (tertiary alicyclic amines) is 1.